The fourth-order valence-electron chi connectivity index (χ4n) is 6.93. The molecule has 9 heteroatoms. The average Bonchev–Trinajstić information content (AvgIpc) is 3.58. The lowest BCUT2D eigenvalue weighted by atomic mass is 9.66. The molecule has 6 rings (SSSR count). The Balaban J connectivity index is 1.25. The lowest BCUT2D eigenvalue weighted by Gasteiger charge is -2.48. The number of hydrogen-bond acceptors (Lipinski definition) is 6. The topological polar surface area (TPSA) is 100 Å². The number of esters is 1. The summed E-state index contributed by atoms with van der Waals surface area (Å²) >= 11 is 0. The van der Waals surface area contributed by atoms with Crippen molar-refractivity contribution in [2.24, 2.45) is 11.3 Å². The lowest BCUT2D eigenvalue weighted by molar-refractivity contribution is -0.163. The molecule has 224 valence electrons. The van der Waals surface area contributed by atoms with Crippen LogP contribution in [0.3, 0.4) is 0 Å². The zero-order chi connectivity index (χ0) is 30.0. The van der Waals surface area contributed by atoms with Crippen LogP contribution in [-0.2, 0) is 25.7 Å². The molecule has 0 unspecified atom stereocenters. The van der Waals surface area contributed by atoms with Gasteiger partial charge in [-0.1, -0.05) is 48.5 Å². The maximum absolute atomic E-state index is 14.2. The number of hydrogen-bond donors (Lipinski definition) is 0. The Labute approximate surface area is 251 Å². The smallest absolute Gasteiger partial charge is 0.318 e. The van der Waals surface area contributed by atoms with Gasteiger partial charge in [0.2, 0.25) is 11.8 Å². The van der Waals surface area contributed by atoms with Crippen molar-refractivity contribution in [2.45, 2.75) is 45.6 Å². The van der Waals surface area contributed by atoms with Crippen LogP contribution in [0.5, 0.6) is 0 Å². The first-order valence-corrected chi connectivity index (χ1v) is 15.2. The molecule has 3 aliphatic rings. The van der Waals surface area contributed by atoms with E-state index in [1.54, 1.807) is 33.8 Å². The van der Waals surface area contributed by atoms with Crippen LogP contribution in [0.15, 0.2) is 77.1 Å². The van der Waals surface area contributed by atoms with Gasteiger partial charge in [-0.25, -0.2) is 0 Å². The summed E-state index contributed by atoms with van der Waals surface area (Å²) in [4.78, 5) is 59.3. The van der Waals surface area contributed by atoms with E-state index in [1.165, 1.54) is 6.26 Å². The molecule has 0 radical (unpaired) electrons. The molecule has 3 amide bonds. The predicted octanol–water partition coefficient (Wildman–Crippen LogP) is 4.77. The molecule has 1 aliphatic carbocycles. The monoisotopic (exact) mass is 583 g/mol. The molecular formula is C34H37N3O6. The van der Waals surface area contributed by atoms with Gasteiger partial charge in [-0.2, -0.15) is 0 Å². The normalized spacial score (nSPS) is 22.3. The van der Waals surface area contributed by atoms with Crippen LogP contribution in [0.1, 0.15) is 55.1 Å². The largest absolute Gasteiger partial charge is 0.465 e. The molecule has 3 aromatic rings. The molecule has 3 heterocycles. The summed E-state index contributed by atoms with van der Waals surface area (Å²) in [5, 5.41) is 2.13. The second kappa shape index (κ2) is 12.1. The van der Waals surface area contributed by atoms with E-state index in [0.717, 1.165) is 29.2 Å². The Morgan fingerprint density at radius 1 is 0.977 bits per heavy atom. The number of ether oxygens (including phenoxy) is 1. The number of likely N-dealkylation sites (tertiary alicyclic amines) is 1. The molecule has 2 aromatic carbocycles. The highest BCUT2D eigenvalue weighted by molar-refractivity contribution is 5.94. The molecular weight excluding hydrogens is 546 g/mol. The van der Waals surface area contributed by atoms with Gasteiger partial charge in [0, 0.05) is 44.2 Å². The van der Waals surface area contributed by atoms with E-state index in [9.17, 15) is 19.2 Å². The minimum atomic E-state index is -0.966. The average molecular weight is 584 g/mol. The zero-order valence-corrected chi connectivity index (χ0v) is 24.5. The van der Waals surface area contributed by atoms with Crippen LogP contribution in [-0.4, -0.2) is 71.2 Å². The van der Waals surface area contributed by atoms with Crippen LogP contribution in [0.25, 0.3) is 10.8 Å². The van der Waals surface area contributed by atoms with Crippen molar-refractivity contribution in [1.29, 1.82) is 0 Å². The van der Waals surface area contributed by atoms with E-state index in [0.29, 0.717) is 44.8 Å². The Morgan fingerprint density at radius 3 is 2.51 bits per heavy atom. The number of rotatable bonds is 7. The third kappa shape index (κ3) is 5.44. The molecule has 2 saturated heterocycles. The fourth-order valence-corrected chi connectivity index (χ4v) is 6.93. The highest BCUT2D eigenvalue weighted by atomic mass is 16.5. The summed E-state index contributed by atoms with van der Waals surface area (Å²) in [6, 6.07) is 17.4. The molecule has 1 aromatic heterocycles. The molecule has 0 spiro atoms. The van der Waals surface area contributed by atoms with Crippen molar-refractivity contribution in [3.63, 3.8) is 0 Å². The molecule has 2 aliphatic heterocycles. The summed E-state index contributed by atoms with van der Waals surface area (Å²) in [5.41, 5.74) is 0.732. The number of carbonyl (C=O) groups excluding carboxylic acids is 4. The Hall–Kier alpha value is -4.40. The molecule has 9 nitrogen and oxygen atoms in total. The van der Waals surface area contributed by atoms with Gasteiger partial charge in [0.25, 0.3) is 5.91 Å². The first-order valence-electron chi connectivity index (χ1n) is 15.2. The number of piperidine rings is 1. The van der Waals surface area contributed by atoms with Gasteiger partial charge >= 0.3 is 5.97 Å². The first-order chi connectivity index (χ1) is 20.9. The van der Waals surface area contributed by atoms with Gasteiger partial charge in [-0.05, 0) is 61.1 Å². The van der Waals surface area contributed by atoms with E-state index in [4.69, 9.17) is 9.15 Å². The van der Waals surface area contributed by atoms with Crippen LogP contribution in [0.4, 0.5) is 0 Å². The molecule has 2 atom stereocenters. The number of allylic oxidation sites excluding steroid dienone is 1. The van der Waals surface area contributed by atoms with Crippen molar-refractivity contribution in [3.8, 4) is 0 Å². The standard InChI is InChI=1S/C34H37N3O6/c1-2-42-33(41)34-15-6-5-14-29(34)37(23-25-11-7-10-24-9-3-4-12-27(24)25)31(39)26(22-34)21-30(38)35-16-18-36(19-17-35)32(40)28-13-8-20-43-28/h3-4,7-14,20,26H,2,5-6,15-19,21-23H2,1H3/t26-,34+/m1/s1. The summed E-state index contributed by atoms with van der Waals surface area (Å²) in [6.45, 7) is 3.87. The number of benzene rings is 2. The summed E-state index contributed by atoms with van der Waals surface area (Å²) in [6.07, 6.45) is 5.92. The van der Waals surface area contributed by atoms with Crippen LogP contribution >= 0.6 is 0 Å². The highest BCUT2D eigenvalue weighted by Crippen LogP contribution is 2.50. The molecule has 0 saturated carbocycles. The first kappa shape index (κ1) is 28.7. The maximum atomic E-state index is 14.2. The molecule has 0 N–H and O–H groups in total. The number of fused-ring (bicyclic) bond motifs is 2. The zero-order valence-electron chi connectivity index (χ0n) is 24.5. The number of furan rings is 1. The van der Waals surface area contributed by atoms with Crippen molar-refractivity contribution >= 4 is 34.5 Å². The summed E-state index contributed by atoms with van der Waals surface area (Å²) < 4.78 is 10.9. The number of nitrogens with zero attached hydrogens (tertiary/aromatic N) is 3. The van der Waals surface area contributed by atoms with Crippen molar-refractivity contribution in [2.75, 3.05) is 32.8 Å². The van der Waals surface area contributed by atoms with Gasteiger partial charge in [0.15, 0.2) is 5.76 Å². The summed E-state index contributed by atoms with van der Waals surface area (Å²) in [7, 11) is 0. The van der Waals surface area contributed by atoms with Gasteiger partial charge < -0.3 is 23.9 Å². The minimum Gasteiger partial charge on any atom is -0.465 e. The van der Waals surface area contributed by atoms with Gasteiger partial charge in [0.1, 0.15) is 5.41 Å². The Bertz CT molecular complexity index is 1550. The van der Waals surface area contributed by atoms with E-state index >= 15 is 0 Å². The second-order valence-electron chi connectivity index (χ2n) is 11.6. The second-order valence-corrected chi connectivity index (χ2v) is 11.6. The van der Waals surface area contributed by atoms with Crippen molar-refractivity contribution in [3.05, 3.63) is 84.0 Å². The van der Waals surface area contributed by atoms with Gasteiger partial charge in [-0.15, -0.1) is 0 Å². The molecule has 2 fully saturated rings. The predicted molar refractivity (Wildman–Crippen MR) is 159 cm³/mol. The van der Waals surface area contributed by atoms with E-state index in [-0.39, 0.29) is 48.9 Å². The maximum Gasteiger partial charge on any atom is 0.318 e. The van der Waals surface area contributed by atoms with Gasteiger partial charge in [-0.3, -0.25) is 19.2 Å². The minimum absolute atomic E-state index is 0.00539. The van der Waals surface area contributed by atoms with Crippen molar-refractivity contribution < 1.29 is 28.3 Å². The lowest BCUT2D eigenvalue weighted by Crippen LogP contribution is -2.55. The quantitative estimate of drug-likeness (QED) is 0.372. The SMILES string of the molecule is CCOC(=O)[C@]12CCCC=C1N(Cc1cccc3ccccc13)C(=O)[C@H](CC(=O)N1CCN(C(=O)c3ccco3)CC1)C2. The fraction of sp³-hybridized carbons (Fsp3) is 0.412. The van der Waals surface area contributed by atoms with Crippen LogP contribution < -0.4 is 0 Å². The summed E-state index contributed by atoms with van der Waals surface area (Å²) in [5.74, 6) is -1.18. The highest BCUT2D eigenvalue weighted by Gasteiger charge is 2.54. The van der Waals surface area contributed by atoms with Gasteiger partial charge in [0.05, 0.1) is 19.4 Å². The van der Waals surface area contributed by atoms with Crippen molar-refractivity contribution in [1.82, 2.24) is 14.7 Å². The van der Waals surface area contributed by atoms with Crippen LogP contribution in [0.2, 0.25) is 0 Å². The number of amides is 3. The van der Waals surface area contributed by atoms with E-state index in [2.05, 4.69) is 0 Å². The molecule has 43 heavy (non-hydrogen) atoms. The van der Waals surface area contributed by atoms with E-state index < -0.39 is 11.3 Å². The van der Waals surface area contributed by atoms with Crippen LogP contribution in [0, 0.1) is 11.3 Å². The Kier molecular flexibility index (Phi) is 8.06. The molecule has 0 bridgehead atoms. The number of piperazine rings is 1. The number of carbonyl (C=O) groups is 4. The third-order valence-corrected chi connectivity index (χ3v) is 9.08. The van der Waals surface area contributed by atoms with E-state index in [1.807, 2.05) is 48.5 Å². The third-order valence-electron chi connectivity index (χ3n) is 9.08. The Morgan fingerprint density at radius 2 is 1.74 bits per heavy atom.